The number of benzene rings is 4. The third-order valence-electron chi connectivity index (χ3n) is 7.86. The minimum Gasteiger partial charge on any atom is -0.456 e. The summed E-state index contributed by atoms with van der Waals surface area (Å²) in [6.07, 6.45) is 1.83. The molecule has 176 valence electrons. The van der Waals surface area contributed by atoms with E-state index in [0.29, 0.717) is 0 Å². The van der Waals surface area contributed by atoms with E-state index in [9.17, 15) is 0 Å². The van der Waals surface area contributed by atoms with Crippen molar-refractivity contribution in [2.45, 2.75) is 19.3 Å². The van der Waals surface area contributed by atoms with Gasteiger partial charge in [0, 0.05) is 22.4 Å². The summed E-state index contributed by atoms with van der Waals surface area (Å²) in [4.78, 5) is 9.68. The lowest BCUT2D eigenvalue weighted by Gasteiger charge is -2.35. The molecule has 0 bridgehead atoms. The molecule has 0 atom stereocenters. The Morgan fingerprint density at radius 3 is 2.41 bits per heavy atom. The predicted octanol–water partition coefficient (Wildman–Crippen LogP) is 8.29. The molecule has 4 nitrogen and oxygen atoms in total. The van der Waals surface area contributed by atoms with Crippen LogP contribution in [0, 0.1) is 0 Å². The number of aromatic nitrogens is 3. The number of fused-ring (bicyclic) bond motifs is 5. The Kier molecular flexibility index (Phi) is 3.97. The maximum Gasteiger partial charge on any atom is 0.164 e. The third kappa shape index (κ3) is 2.78. The van der Waals surface area contributed by atoms with Gasteiger partial charge < -0.3 is 4.42 Å². The zero-order chi connectivity index (χ0) is 24.7. The number of imidazole rings is 1. The van der Waals surface area contributed by atoms with Crippen LogP contribution < -0.4 is 0 Å². The van der Waals surface area contributed by atoms with E-state index in [-0.39, 0.29) is 5.41 Å². The van der Waals surface area contributed by atoms with E-state index in [1.54, 1.807) is 0 Å². The van der Waals surface area contributed by atoms with E-state index in [4.69, 9.17) is 9.40 Å². The van der Waals surface area contributed by atoms with Gasteiger partial charge in [0.2, 0.25) is 0 Å². The molecule has 0 unspecified atom stereocenters. The largest absolute Gasteiger partial charge is 0.456 e. The van der Waals surface area contributed by atoms with Gasteiger partial charge in [0.05, 0.1) is 16.7 Å². The van der Waals surface area contributed by atoms with Crippen molar-refractivity contribution in [2.75, 3.05) is 0 Å². The second-order valence-corrected chi connectivity index (χ2v) is 10.3. The first-order valence-corrected chi connectivity index (χ1v) is 12.6. The molecule has 3 aromatic heterocycles. The van der Waals surface area contributed by atoms with Crippen molar-refractivity contribution in [3.8, 4) is 28.3 Å². The van der Waals surface area contributed by atoms with E-state index in [1.807, 2.05) is 36.5 Å². The molecule has 0 spiro atoms. The van der Waals surface area contributed by atoms with E-state index in [2.05, 4.69) is 90.1 Å². The zero-order valence-corrected chi connectivity index (χ0v) is 20.6. The maximum atomic E-state index is 6.07. The van der Waals surface area contributed by atoms with Crippen LogP contribution in [-0.4, -0.2) is 14.5 Å². The predicted molar refractivity (Wildman–Crippen MR) is 149 cm³/mol. The quantitative estimate of drug-likeness (QED) is 0.252. The molecule has 1 aliphatic rings. The molecule has 1 aliphatic heterocycles. The Labute approximate surface area is 213 Å². The van der Waals surface area contributed by atoms with Gasteiger partial charge in [-0.1, -0.05) is 62.4 Å². The smallest absolute Gasteiger partial charge is 0.164 e. The molecule has 7 aromatic rings. The summed E-state index contributed by atoms with van der Waals surface area (Å²) < 4.78 is 8.36. The van der Waals surface area contributed by atoms with Crippen molar-refractivity contribution in [2.24, 2.45) is 0 Å². The highest BCUT2D eigenvalue weighted by Gasteiger charge is 2.36. The number of hydrogen-bond acceptors (Lipinski definition) is 3. The number of hydrogen-bond donors (Lipinski definition) is 0. The van der Waals surface area contributed by atoms with Gasteiger partial charge in [-0.2, -0.15) is 0 Å². The molecule has 0 aliphatic carbocycles. The topological polar surface area (TPSA) is 43.9 Å². The molecule has 8 rings (SSSR count). The van der Waals surface area contributed by atoms with Gasteiger partial charge >= 0.3 is 0 Å². The summed E-state index contributed by atoms with van der Waals surface area (Å²) in [5.41, 5.74) is 10.8. The highest BCUT2D eigenvalue weighted by Crippen LogP contribution is 2.47. The molecule has 4 heteroatoms. The van der Waals surface area contributed by atoms with Crippen LogP contribution in [0.4, 0.5) is 0 Å². The number of furan rings is 1. The Morgan fingerprint density at radius 1 is 0.703 bits per heavy atom. The number of pyridine rings is 1. The molecule has 0 radical (unpaired) electrons. The van der Waals surface area contributed by atoms with Gasteiger partial charge in [0.1, 0.15) is 16.9 Å². The molecule has 0 N–H and O–H groups in total. The number of rotatable bonds is 2. The van der Waals surface area contributed by atoms with Gasteiger partial charge in [-0.05, 0) is 70.8 Å². The Balaban J connectivity index is 1.38. The van der Waals surface area contributed by atoms with Gasteiger partial charge in [-0.3, -0.25) is 9.55 Å². The number of nitrogens with zero attached hydrogens (tertiary/aromatic N) is 3. The van der Waals surface area contributed by atoms with Crippen LogP contribution in [-0.2, 0) is 5.41 Å². The highest BCUT2D eigenvalue weighted by molar-refractivity contribution is 6.06. The molecular formula is C33H23N3O. The van der Waals surface area contributed by atoms with Crippen molar-refractivity contribution < 1.29 is 4.42 Å². The minimum atomic E-state index is -0.186. The van der Waals surface area contributed by atoms with Gasteiger partial charge in [0.15, 0.2) is 5.82 Å². The lowest BCUT2D eigenvalue weighted by atomic mass is 9.74. The first-order chi connectivity index (χ1) is 18.1. The summed E-state index contributed by atoms with van der Waals surface area (Å²) in [7, 11) is 0. The van der Waals surface area contributed by atoms with Crippen LogP contribution in [0.3, 0.4) is 0 Å². The van der Waals surface area contributed by atoms with Gasteiger partial charge in [-0.25, -0.2) is 4.98 Å². The third-order valence-corrected chi connectivity index (χ3v) is 7.86. The molecule has 0 saturated carbocycles. The summed E-state index contributed by atoms with van der Waals surface area (Å²) in [6, 6.07) is 34.0. The lowest BCUT2D eigenvalue weighted by Crippen LogP contribution is -2.26. The van der Waals surface area contributed by atoms with Crippen LogP contribution in [0.5, 0.6) is 0 Å². The fourth-order valence-corrected chi connectivity index (χ4v) is 5.99. The molecule has 0 amide bonds. The molecule has 0 saturated heterocycles. The summed E-state index contributed by atoms with van der Waals surface area (Å²) in [5, 5.41) is 2.29. The first-order valence-electron chi connectivity index (χ1n) is 12.6. The first kappa shape index (κ1) is 20.5. The zero-order valence-electron chi connectivity index (χ0n) is 20.6. The fourth-order valence-electron chi connectivity index (χ4n) is 5.99. The molecule has 4 aromatic carbocycles. The second kappa shape index (κ2) is 7.17. The average Bonchev–Trinajstić information content (AvgIpc) is 3.51. The van der Waals surface area contributed by atoms with Crippen molar-refractivity contribution in [3.05, 3.63) is 114 Å². The highest BCUT2D eigenvalue weighted by atomic mass is 16.3. The van der Waals surface area contributed by atoms with Crippen LogP contribution in [0.25, 0.3) is 61.3 Å². The van der Waals surface area contributed by atoms with Crippen LogP contribution in [0.2, 0.25) is 0 Å². The monoisotopic (exact) mass is 477 g/mol. The summed E-state index contributed by atoms with van der Waals surface area (Å²) in [6.45, 7) is 4.63. The lowest BCUT2D eigenvalue weighted by molar-refractivity contribution is 0.629. The Morgan fingerprint density at radius 2 is 1.51 bits per heavy atom. The van der Waals surface area contributed by atoms with Gasteiger partial charge in [0.25, 0.3) is 0 Å². The summed E-state index contributed by atoms with van der Waals surface area (Å²) in [5.74, 6) is 0.874. The average molecular weight is 478 g/mol. The molecular weight excluding hydrogens is 454 g/mol. The van der Waals surface area contributed by atoms with E-state index in [1.165, 1.54) is 27.8 Å². The van der Waals surface area contributed by atoms with E-state index in [0.717, 1.165) is 44.7 Å². The van der Waals surface area contributed by atoms with E-state index >= 15 is 0 Å². The van der Waals surface area contributed by atoms with Crippen molar-refractivity contribution in [1.82, 2.24) is 14.5 Å². The van der Waals surface area contributed by atoms with Crippen molar-refractivity contribution in [1.29, 1.82) is 0 Å². The summed E-state index contributed by atoms with van der Waals surface area (Å²) >= 11 is 0. The van der Waals surface area contributed by atoms with Crippen LogP contribution in [0.1, 0.15) is 25.0 Å². The molecule has 4 heterocycles. The van der Waals surface area contributed by atoms with E-state index < -0.39 is 0 Å². The number of para-hydroxylation sites is 2. The van der Waals surface area contributed by atoms with Crippen molar-refractivity contribution >= 4 is 33.0 Å². The van der Waals surface area contributed by atoms with Gasteiger partial charge in [-0.15, -0.1) is 0 Å². The Bertz CT molecular complexity index is 2010. The second-order valence-electron chi connectivity index (χ2n) is 10.3. The molecule has 0 fully saturated rings. The van der Waals surface area contributed by atoms with Crippen LogP contribution >= 0.6 is 0 Å². The maximum absolute atomic E-state index is 6.07. The normalized spacial score (nSPS) is 13.9. The van der Waals surface area contributed by atoms with Crippen molar-refractivity contribution in [3.63, 3.8) is 0 Å². The minimum absolute atomic E-state index is 0.186. The Hall–Kier alpha value is -4.70. The standard InChI is InChI=1S/C33H23N3O/c1-33(2)24-9-7-11-26-31(24)36(32(35-26)27-10-5-6-17-34-27)28-15-13-21(19-25(28)33)20-14-16-30-23(18-20)22-8-3-4-12-29(22)37-30/h3-19H,1-2H3. The SMILES string of the molecule is CC1(C)c2cc(-c3ccc4oc5ccccc5c4c3)ccc2-n2c(-c3ccccn3)nc3cccc1c32. The molecule has 37 heavy (non-hydrogen) atoms. The fraction of sp³-hybridized carbons (Fsp3) is 0.0909. The van der Waals surface area contributed by atoms with Crippen LogP contribution in [0.15, 0.2) is 108 Å².